The highest BCUT2D eigenvalue weighted by Gasteiger charge is 2.30. The van der Waals surface area contributed by atoms with E-state index in [0.29, 0.717) is 11.1 Å². The third kappa shape index (κ3) is 7.43. The van der Waals surface area contributed by atoms with E-state index in [9.17, 15) is 35.9 Å². The van der Waals surface area contributed by atoms with Crippen LogP contribution < -0.4 is 20.1 Å². The van der Waals surface area contributed by atoms with Crippen molar-refractivity contribution < 1.29 is 45.4 Å². The Bertz CT molecular complexity index is 1410. The molecule has 2 N–H and O–H groups in total. The second-order valence-electron chi connectivity index (χ2n) is 8.94. The molecule has 3 aromatic rings. The van der Waals surface area contributed by atoms with Crippen molar-refractivity contribution in [3.05, 3.63) is 82.7 Å². The fourth-order valence-electron chi connectivity index (χ4n) is 3.67. The minimum absolute atomic E-state index is 0.0103. The van der Waals surface area contributed by atoms with Crippen molar-refractivity contribution >= 4 is 17.5 Å². The first-order valence-corrected chi connectivity index (χ1v) is 11.7. The van der Waals surface area contributed by atoms with E-state index < -0.39 is 54.3 Å². The van der Waals surface area contributed by atoms with Gasteiger partial charge in [-0.05, 0) is 79.3 Å². The molecule has 1 fully saturated rings. The number of halogens is 6. The first kappa shape index (κ1) is 27.8. The van der Waals surface area contributed by atoms with E-state index in [1.165, 1.54) is 30.3 Å². The van der Waals surface area contributed by atoms with Gasteiger partial charge in [-0.1, -0.05) is 0 Å². The maximum absolute atomic E-state index is 14.9. The van der Waals surface area contributed by atoms with Crippen LogP contribution in [0.15, 0.2) is 48.5 Å². The molecule has 2 amide bonds. The fourth-order valence-corrected chi connectivity index (χ4v) is 3.67. The zero-order chi connectivity index (χ0) is 28.3. The van der Waals surface area contributed by atoms with Crippen molar-refractivity contribution in [2.75, 3.05) is 18.5 Å². The summed E-state index contributed by atoms with van der Waals surface area (Å²) in [6.45, 7) is -0.883. The van der Waals surface area contributed by atoms with Crippen LogP contribution in [0.1, 0.15) is 40.2 Å². The predicted octanol–water partition coefficient (Wildman–Crippen LogP) is 6.39. The van der Waals surface area contributed by atoms with E-state index in [2.05, 4.69) is 5.32 Å². The lowest BCUT2D eigenvalue weighted by Gasteiger charge is -2.16. The normalized spacial score (nSPS) is 13.1. The summed E-state index contributed by atoms with van der Waals surface area (Å²) in [5, 5.41) is 4.04. The highest BCUT2D eigenvalue weighted by atomic mass is 19.4. The highest BCUT2D eigenvalue weighted by molar-refractivity contribution is 6.06. The molecule has 6 nitrogen and oxygen atoms in total. The van der Waals surface area contributed by atoms with Gasteiger partial charge in [-0.15, -0.1) is 0 Å². The molecule has 1 aliphatic carbocycles. The minimum Gasteiger partial charge on any atom is -0.481 e. The van der Waals surface area contributed by atoms with E-state index >= 15 is 0 Å². The Balaban J connectivity index is 1.53. The molecule has 4 rings (SSSR count). The molecule has 0 radical (unpaired) electrons. The van der Waals surface area contributed by atoms with Crippen LogP contribution in [-0.4, -0.2) is 31.1 Å². The number of anilines is 1. The van der Waals surface area contributed by atoms with Gasteiger partial charge < -0.3 is 20.1 Å². The minimum atomic E-state index is -4.63. The number of benzene rings is 3. The van der Waals surface area contributed by atoms with Gasteiger partial charge in [0.05, 0.1) is 5.56 Å². The second-order valence-corrected chi connectivity index (χ2v) is 8.94. The van der Waals surface area contributed by atoms with Gasteiger partial charge in [0.1, 0.15) is 29.7 Å². The first-order valence-electron chi connectivity index (χ1n) is 11.7. The van der Waals surface area contributed by atoms with Gasteiger partial charge in [-0.2, -0.15) is 13.2 Å². The molecule has 0 saturated heterocycles. The molecule has 0 atom stereocenters. The number of ether oxygens (including phenoxy) is 2. The van der Waals surface area contributed by atoms with Gasteiger partial charge in [-0.25, -0.2) is 13.2 Å². The summed E-state index contributed by atoms with van der Waals surface area (Å²) in [4.78, 5) is 24.7. The smallest absolute Gasteiger partial charge is 0.405 e. The van der Waals surface area contributed by atoms with Gasteiger partial charge in [-0.3, -0.25) is 9.59 Å². The van der Waals surface area contributed by atoms with E-state index in [-0.39, 0.29) is 28.7 Å². The Kier molecular flexibility index (Phi) is 8.03. The fraction of sp³-hybridized carbons (Fsp3) is 0.259. The molecule has 12 heteroatoms. The summed E-state index contributed by atoms with van der Waals surface area (Å²) >= 11 is 0. The van der Waals surface area contributed by atoms with Crippen LogP contribution in [0, 0.1) is 24.4 Å². The molecular weight excluding hydrogens is 530 g/mol. The Morgan fingerprint density at radius 1 is 0.923 bits per heavy atom. The molecule has 0 unspecified atom stereocenters. The van der Waals surface area contributed by atoms with Crippen molar-refractivity contribution in [2.24, 2.45) is 0 Å². The zero-order valence-electron chi connectivity index (χ0n) is 20.4. The van der Waals surface area contributed by atoms with Gasteiger partial charge in [0.2, 0.25) is 0 Å². The molecule has 0 heterocycles. The number of amides is 2. The van der Waals surface area contributed by atoms with Crippen LogP contribution in [0.5, 0.6) is 17.2 Å². The van der Waals surface area contributed by atoms with Crippen LogP contribution in [0.4, 0.5) is 32.0 Å². The van der Waals surface area contributed by atoms with Gasteiger partial charge in [0, 0.05) is 11.8 Å². The largest absolute Gasteiger partial charge is 0.481 e. The number of hydrogen-bond acceptors (Lipinski definition) is 4. The molecule has 39 heavy (non-hydrogen) atoms. The number of aryl methyl sites for hydroxylation is 1. The highest BCUT2D eigenvalue weighted by Crippen LogP contribution is 2.44. The van der Waals surface area contributed by atoms with Crippen LogP contribution >= 0.6 is 0 Å². The van der Waals surface area contributed by atoms with Crippen LogP contribution in [-0.2, 0) is 4.79 Å². The molecule has 3 aromatic carbocycles. The van der Waals surface area contributed by atoms with E-state index in [4.69, 9.17) is 9.47 Å². The SMILES string of the molecule is Cc1cc(F)ccc1Oc1cc(C2CC2)c(F)cc1C(=O)Nc1ccc(F)c(OCC(=O)NCC(F)(F)F)c1. The molecule has 0 bridgehead atoms. The van der Waals surface area contributed by atoms with Gasteiger partial charge in [0.15, 0.2) is 18.2 Å². The monoisotopic (exact) mass is 552 g/mol. The lowest BCUT2D eigenvalue weighted by molar-refractivity contribution is -0.139. The van der Waals surface area contributed by atoms with E-state index in [0.717, 1.165) is 31.0 Å². The summed E-state index contributed by atoms with van der Waals surface area (Å²) in [5.74, 6) is -4.25. The van der Waals surface area contributed by atoms with Crippen molar-refractivity contribution in [1.82, 2.24) is 5.32 Å². The summed E-state index contributed by atoms with van der Waals surface area (Å²) < 4.78 is 90.1. The summed E-state index contributed by atoms with van der Waals surface area (Å²) in [5.41, 5.74) is 0.613. The quantitative estimate of drug-likeness (QED) is 0.302. The Labute approximate surface area is 218 Å². The number of hydrogen-bond donors (Lipinski definition) is 2. The molecule has 1 aliphatic rings. The zero-order valence-corrected chi connectivity index (χ0v) is 20.4. The number of carbonyl (C=O) groups excluding carboxylic acids is 2. The Morgan fingerprint density at radius 3 is 2.33 bits per heavy atom. The van der Waals surface area contributed by atoms with Crippen molar-refractivity contribution in [2.45, 2.75) is 31.9 Å². The molecular formula is C27H22F6N2O4. The van der Waals surface area contributed by atoms with E-state index in [1.54, 1.807) is 12.2 Å². The van der Waals surface area contributed by atoms with Gasteiger partial charge in [0.25, 0.3) is 11.8 Å². The number of carbonyl (C=O) groups is 2. The van der Waals surface area contributed by atoms with Crippen molar-refractivity contribution in [3.8, 4) is 17.2 Å². The maximum Gasteiger partial charge on any atom is 0.405 e. The number of rotatable bonds is 9. The average Bonchev–Trinajstić information content (AvgIpc) is 3.70. The van der Waals surface area contributed by atoms with Crippen LogP contribution in [0.3, 0.4) is 0 Å². The maximum atomic E-state index is 14.9. The van der Waals surface area contributed by atoms with Gasteiger partial charge >= 0.3 is 6.18 Å². The number of nitrogens with one attached hydrogen (secondary N) is 2. The molecule has 0 spiro atoms. The van der Waals surface area contributed by atoms with E-state index in [1.807, 2.05) is 0 Å². The standard InChI is InChI=1S/C27H22F6N2O4/c1-14-8-16(28)4-7-22(14)39-23-11-18(15-2-3-15)21(30)10-19(23)26(37)35-17-5-6-20(29)24(9-17)38-12-25(36)34-13-27(31,32)33/h4-11,15H,2-3,12-13H2,1H3,(H,34,36)(H,35,37). The molecule has 0 aromatic heterocycles. The molecule has 1 saturated carbocycles. The van der Waals surface area contributed by atoms with Crippen LogP contribution in [0.25, 0.3) is 0 Å². The van der Waals surface area contributed by atoms with Crippen molar-refractivity contribution in [3.63, 3.8) is 0 Å². The number of alkyl halides is 3. The Morgan fingerprint density at radius 2 is 1.67 bits per heavy atom. The second kappa shape index (κ2) is 11.3. The lowest BCUT2D eigenvalue weighted by atomic mass is 10.0. The first-order chi connectivity index (χ1) is 18.4. The predicted molar refractivity (Wildman–Crippen MR) is 128 cm³/mol. The summed E-state index contributed by atoms with van der Waals surface area (Å²) in [6, 6.07) is 9.33. The third-order valence-corrected chi connectivity index (χ3v) is 5.75. The average molecular weight is 552 g/mol. The Hall–Kier alpha value is -4.22. The lowest BCUT2D eigenvalue weighted by Crippen LogP contribution is -2.36. The topological polar surface area (TPSA) is 76.7 Å². The molecule has 0 aliphatic heterocycles. The summed E-state index contributed by atoms with van der Waals surface area (Å²) in [7, 11) is 0. The van der Waals surface area contributed by atoms with Crippen molar-refractivity contribution in [1.29, 1.82) is 0 Å². The van der Waals surface area contributed by atoms with Crippen LogP contribution in [0.2, 0.25) is 0 Å². The molecule has 206 valence electrons. The summed E-state index contributed by atoms with van der Waals surface area (Å²) in [6.07, 6.45) is -3.06. The third-order valence-electron chi connectivity index (χ3n) is 5.75.